The number of carbonyl (C=O) groups excluding carboxylic acids is 2. The van der Waals surface area contributed by atoms with Crippen LogP contribution in [-0.4, -0.2) is 65.0 Å². The molecule has 2 unspecified atom stereocenters. The van der Waals surface area contributed by atoms with Crippen LogP contribution in [0.5, 0.6) is 0 Å². The fraction of sp³-hybridized carbons (Fsp3) is 0.727. The number of alkyl halides is 3. The first-order chi connectivity index (χ1) is 9.10. The molecule has 0 aromatic heterocycles. The summed E-state index contributed by atoms with van der Waals surface area (Å²) in [5.41, 5.74) is -2.86. The van der Waals surface area contributed by atoms with Crippen molar-refractivity contribution in [2.75, 3.05) is 20.1 Å². The largest absolute Gasteiger partial charge is 0.481 e. The van der Waals surface area contributed by atoms with Crippen LogP contribution in [0, 0.1) is 5.41 Å². The third-order valence-electron chi connectivity index (χ3n) is 4.05. The summed E-state index contributed by atoms with van der Waals surface area (Å²) in [5.74, 6) is -3.00. The second-order valence-corrected chi connectivity index (χ2v) is 5.12. The highest BCUT2D eigenvalue weighted by molar-refractivity contribution is 6.05. The van der Waals surface area contributed by atoms with E-state index in [4.69, 9.17) is 5.11 Å². The third kappa shape index (κ3) is 1.96. The van der Waals surface area contributed by atoms with Crippen LogP contribution in [0.25, 0.3) is 0 Å². The van der Waals surface area contributed by atoms with Gasteiger partial charge < -0.3 is 5.11 Å². The predicted molar refractivity (Wildman–Crippen MR) is 58.5 cm³/mol. The quantitative estimate of drug-likeness (QED) is 0.730. The van der Waals surface area contributed by atoms with Crippen molar-refractivity contribution in [3.8, 4) is 0 Å². The zero-order valence-electron chi connectivity index (χ0n) is 10.6. The molecule has 2 atom stereocenters. The van der Waals surface area contributed by atoms with Crippen molar-refractivity contribution >= 4 is 17.8 Å². The number of carboxylic acid groups (broad SMARTS) is 1. The van der Waals surface area contributed by atoms with Crippen LogP contribution in [0.2, 0.25) is 0 Å². The average Bonchev–Trinajstić information content (AvgIpc) is 2.87. The van der Waals surface area contributed by atoms with E-state index in [1.165, 1.54) is 7.05 Å². The monoisotopic (exact) mass is 294 g/mol. The first-order valence-corrected chi connectivity index (χ1v) is 5.95. The summed E-state index contributed by atoms with van der Waals surface area (Å²) in [4.78, 5) is 36.2. The molecule has 0 aromatic rings. The van der Waals surface area contributed by atoms with E-state index < -0.39 is 48.4 Å². The van der Waals surface area contributed by atoms with Gasteiger partial charge in [-0.05, 0) is 6.42 Å². The van der Waals surface area contributed by atoms with Crippen LogP contribution < -0.4 is 0 Å². The van der Waals surface area contributed by atoms with Crippen molar-refractivity contribution in [3.05, 3.63) is 0 Å². The van der Waals surface area contributed by atoms with E-state index in [9.17, 15) is 27.6 Å². The van der Waals surface area contributed by atoms with E-state index in [2.05, 4.69) is 0 Å². The van der Waals surface area contributed by atoms with Crippen molar-refractivity contribution in [3.63, 3.8) is 0 Å². The lowest BCUT2D eigenvalue weighted by Gasteiger charge is -2.28. The molecule has 2 rings (SSSR count). The van der Waals surface area contributed by atoms with Gasteiger partial charge in [-0.2, -0.15) is 13.2 Å². The van der Waals surface area contributed by atoms with Crippen molar-refractivity contribution in [2.24, 2.45) is 5.41 Å². The summed E-state index contributed by atoms with van der Waals surface area (Å²) in [6.07, 6.45) is -5.72. The fourth-order valence-electron chi connectivity index (χ4n) is 2.65. The molecule has 2 fully saturated rings. The highest BCUT2D eigenvalue weighted by Gasteiger charge is 2.64. The molecule has 0 aliphatic carbocycles. The first-order valence-electron chi connectivity index (χ1n) is 5.95. The first kappa shape index (κ1) is 14.8. The second-order valence-electron chi connectivity index (χ2n) is 5.12. The number of nitrogens with zero attached hydrogens (tertiary/aromatic N) is 2. The van der Waals surface area contributed by atoms with E-state index in [0.29, 0.717) is 0 Å². The summed E-state index contributed by atoms with van der Waals surface area (Å²) >= 11 is 0. The Balaban J connectivity index is 2.22. The Morgan fingerprint density at radius 3 is 2.35 bits per heavy atom. The van der Waals surface area contributed by atoms with Gasteiger partial charge in [0.2, 0.25) is 11.8 Å². The zero-order valence-corrected chi connectivity index (χ0v) is 10.6. The van der Waals surface area contributed by atoms with Gasteiger partial charge in [0.1, 0.15) is 0 Å². The van der Waals surface area contributed by atoms with Crippen molar-refractivity contribution in [1.29, 1.82) is 0 Å². The number of amides is 2. The van der Waals surface area contributed by atoms with Crippen LogP contribution in [0.4, 0.5) is 13.2 Å². The average molecular weight is 294 g/mol. The van der Waals surface area contributed by atoms with Gasteiger partial charge in [-0.1, -0.05) is 0 Å². The highest BCUT2D eigenvalue weighted by Crippen LogP contribution is 2.46. The molecule has 6 nitrogen and oxygen atoms in total. The lowest BCUT2D eigenvalue weighted by Crippen LogP contribution is -2.49. The third-order valence-corrected chi connectivity index (χ3v) is 4.05. The summed E-state index contributed by atoms with van der Waals surface area (Å²) in [7, 11) is 1.26. The van der Waals surface area contributed by atoms with Gasteiger partial charge >= 0.3 is 12.1 Å². The summed E-state index contributed by atoms with van der Waals surface area (Å²) in [6, 6.07) is -0.990. The molecular weight excluding hydrogens is 281 g/mol. The van der Waals surface area contributed by atoms with Gasteiger partial charge in [0, 0.05) is 20.1 Å². The van der Waals surface area contributed by atoms with Crippen molar-refractivity contribution in [1.82, 2.24) is 9.80 Å². The molecule has 0 saturated carbocycles. The van der Waals surface area contributed by atoms with E-state index >= 15 is 0 Å². The van der Waals surface area contributed by atoms with E-state index in [-0.39, 0.29) is 13.0 Å². The lowest BCUT2D eigenvalue weighted by atomic mass is 9.86. The van der Waals surface area contributed by atoms with Gasteiger partial charge in [0.25, 0.3) is 0 Å². The van der Waals surface area contributed by atoms with Crippen molar-refractivity contribution in [2.45, 2.75) is 25.1 Å². The Kier molecular flexibility index (Phi) is 3.28. The van der Waals surface area contributed by atoms with Gasteiger partial charge in [-0.25, -0.2) is 0 Å². The topological polar surface area (TPSA) is 77.9 Å². The summed E-state index contributed by atoms with van der Waals surface area (Å²) in [6.45, 7) is -0.979. The Morgan fingerprint density at radius 2 is 2.00 bits per heavy atom. The number of carboxylic acids is 1. The molecule has 0 spiro atoms. The smallest absolute Gasteiger partial charge is 0.406 e. The van der Waals surface area contributed by atoms with Crippen LogP contribution in [-0.2, 0) is 14.4 Å². The number of aliphatic carboxylic acids is 1. The fourth-order valence-corrected chi connectivity index (χ4v) is 2.65. The van der Waals surface area contributed by atoms with Crippen LogP contribution in [0.1, 0.15) is 12.8 Å². The number of hydrogen-bond donors (Lipinski definition) is 1. The molecule has 2 heterocycles. The minimum atomic E-state index is -4.90. The highest BCUT2D eigenvalue weighted by atomic mass is 19.4. The molecule has 2 amide bonds. The number of imide groups is 1. The number of rotatable bonds is 2. The summed E-state index contributed by atoms with van der Waals surface area (Å²) < 4.78 is 39.0. The van der Waals surface area contributed by atoms with Gasteiger partial charge in [-0.15, -0.1) is 0 Å². The molecule has 112 valence electrons. The molecule has 20 heavy (non-hydrogen) atoms. The molecule has 2 aliphatic heterocycles. The predicted octanol–water partition coefficient (Wildman–Crippen LogP) is 0.0827. The molecular formula is C11H13F3N2O4. The molecule has 2 saturated heterocycles. The maximum Gasteiger partial charge on any atom is 0.406 e. The molecule has 2 aliphatic rings. The Morgan fingerprint density at radius 1 is 1.40 bits per heavy atom. The van der Waals surface area contributed by atoms with Gasteiger partial charge in [0.05, 0.1) is 12.5 Å². The van der Waals surface area contributed by atoms with Crippen LogP contribution >= 0.6 is 0 Å². The normalized spacial score (nSPS) is 32.2. The second kappa shape index (κ2) is 4.44. The van der Waals surface area contributed by atoms with Crippen LogP contribution in [0.15, 0.2) is 0 Å². The zero-order chi connectivity index (χ0) is 15.3. The minimum absolute atomic E-state index is 0.177. The van der Waals surface area contributed by atoms with Gasteiger partial charge in [-0.3, -0.25) is 24.2 Å². The number of carbonyl (C=O) groups is 3. The Hall–Kier alpha value is -1.64. The molecule has 9 heteroatoms. The lowest BCUT2D eigenvalue weighted by molar-refractivity contribution is -0.228. The van der Waals surface area contributed by atoms with Crippen LogP contribution in [0.3, 0.4) is 0 Å². The Labute approximate surface area is 112 Å². The Bertz CT molecular complexity index is 479. The minimum Gasteiger partial charge on any atom is -0.481 e. The molecule has 0 aromatic carbocycles. The van der Waals surface area contributed by atoms with Crippen molar-refractivity contribution < 1.29 is 32.7 Å². The number of likely N-dealkylation sites (N-methyl/N-ethyl adjacent to an activating group) is 1. The standard InChI is InChI=1S/C11H13F3N2O4/c1-15-7(17)4-6(8(15)18)16-3-2-10(5-16,9(19)20)11(12,13)14/h6H,2-5H2,1H3,(H,19,20). The maximum absolute atomic E-state index is 13.0. The number of hydrogen-bond acceptors (Lipinski definition) is 4. The number of likely N-dealkylation sites (tertiary alicyclic amines) is 2. The van der Waals surface area contributed by atoms with Gasteiger partial charge in [0.15, 0.2) is 5.41 Å². The van der Waals surface area contributed by atoms with E-state index in [1.54, 1.807) is 0 Å². The number of halogens is 3. The van der Waals surface area contributed by atoms with E-state index in [1.807, 2.05) is 0 Å². The molecule has 1 N–H and O–H groups in total. The maximum atomic E-state index is 13.0. The molecule has 0 radical (unpaired) electrons. The SMILES string of the molecule is CN1C(=O)CC(N2CCC(C(=O)O)(C(F)(F)F)C2)C1=O. The summed E-state index contributed by atoms with van der Waals surface area (Å²) in [5, 5.41) is 8.92. The molecule has 0 bridgehead atoms. The van der Waals surface area contributed by atoms with E-state index in [0.717, 1.165) is 9.80 Å².